The highest BCUT2D eigenvalue weighted by molar-refractivity contribution is 6.31. The number of anilines is 2. The highest BCUT2D eigenvalue weighted by Crippen LogP contribution is 2.30. The third-order valence-electron chi connectivity index (χ3n) is 6.15. The normalized spacial score (nSPS) is 12.4. The molecule has 0 saturated heterocycles. The van der Waals surface area contributed by atoms with E-state index in [-0.39, 0.29) is 11.5 Å². The number of benzene rings is 3. The number of halogens is 1. The molecule has 0 radical (unpaired) electrons. The zero-order valence-corrected chi connectivity index (χ0v) is 19.3. The molecule has 6 heteroatoms. The summed E-state index contributed by atoms with van der Waals surface area (Å²) in [5, 5.41) is 3.62. The summed E-state index contributed by atoms with van der Waals surface area (Å²) in [4.78, 5) is 27.9. The molecular weight excluding hydrogens is 446 g/mol. The number of amides is 1. The summed E-state index contributed by atoms with van der Waals surface area (Å²) in [7, 11) is 0. The second-order valence-corrected chi connectivity index (χ2v) is 8.79. The number of fused-ring (bicyclic) bond motifs is 1. The Morgan fingerprint density at radius 3 is 2.44 bits per heavy atom. The minimum Gasteiger partial charge on any atom is -0.367 e. The van der Waals surface area contributed by atoms with Crippen LogP contribution in [0.15, 0.2) is 95.9 Å². The molecule has 34 heavy (non-hydrogen) atoms. The number of para-hydroxylation sites is 2. The van der Waals surface area contributed by atoms with Crippen LogP contribution >= 0.6 is 11.6 Å². The topological polar surface area (TPSA) is 54.3 Å². The van der Waals surface area contributed by atoms with Gasteiger partial charge >= 0.3 is 0 Å². The molecule has 0 spiro atoms. The Labute approximate surface area is 203 Å². The second kappa shape index (κ2) is 9.57. The first-order valence-electron chi connectivity index (χ1n) is 11.2. The summed E-state index contributed by atoms with van der Waals surface area (Å²) in [6, 6.07) is 26.6. The first-order valence-corrected chi connectivity index (χ1v) is 11.6. The van der Waals surface area contributed by atoms with Crippen molar-refractivity contribution in [2.75, 3.05) is 16.8 Å². The van der Waals surface area contributed by atoms with E-state index in [4.69, 9.17) is 11.6 Å². The Balaban J connectivity index is 1.35. The van der Waals surface area contributed by atoms with Gasteiger partial charge in [-0.05, 0) is 47.4 Å². The van der Waals surface area contributed by atoms with Gasteiger partial charge in [0.25, 0.3) is 11.5 Å². The molecule has 5 nitrogen and oxygen atoms in total. The molecule has 3 aromatic carbocycles. The van der Waals surface area contributed by atoms with Crippen LogP contribution in [0.25, 0.3) is 0 Å². The number of nitrogens with zero attached hydrogens (tertiary/aromatic N) is 2. The van der Waals surface area contributed by atoms with Crippen LogP contribution in [-0.2, 0) is 19.5 Å². The van der Waals surface area contributed by atoms with Crippen LogP contribution in [0, 0.1) is 0 Å². The number of rotatable bonds is 6. The van der Waals surface area contributed by atoms with E-state index in [9.17, 15) is 9.59 Å². The van der Waals surface area contributed by atoms with Crippen LogP contribution in [0.3, 0.4) is 0 Å². The Kier molecular flexibility index (Phi) is 6.19. The van der Waals surface area contributed by atoms with Gasteiger partial charge in [0, 0.05) is 41.8 Å². The smallest absolute Gasteiger partial charge is 0.257 e. The van der Waals surface area contributed by atoms with Gasteiger partial charge in [0.1, 0.15) is 0 Å². The van der Waals surface area contributed by atoms with Crippen molar-refractivity contribution in [1.29, 1.82) is 0 Å². The number of carbonyl (C=O) groups excluding carboxylic acids is 1. The second-order valence-electron chi connectivity index (χ2n) is 8.39. The highest BCUT2D eigenvalue weighted by atomic mass is 35.5. The molecule has 1 N–H and O–H groups in total. The maximum Gasteiger partial charge on any atom is 0.257 e. The molecular formula is C28H24ClN3O2. The van der Waals surface area contributed by atoms with E-state index < -0.39 is 0 Å². The summed E-state index contributed by atoms with van der Waals surface area (Å²) in [6.07, 6.45) is 2.61. The standard InChI is InChI=1S/C28H24ClN3O2/c29-24-10-4-1-8-21(24)17-32-19-23(13-14-27(32)33)28(34)30-25-11-5-2-9-22(25)18-31-16-15-20-7-3-6-12-26(20)31/h1-14,19H,15-18H2,(H,30,34). The number of pyridine rings is 1. The third-order valence-corrected chi connectivity index (χ3v) is 6.52. The Bertz CT molecular complexity index is 1410. The molecule has 4 aromatic rings. The molecule has 1 aromatic heterocycles. The van der Waals surface area contributed by atoms with Gasteiger partial charge < -0.3 is 14.8 Å². The van der Waals surface area contributed by atoms with E-state index in [2.05, 4.69) is 34.5 Å². The fourth-order valence-electron chi connectivity index (χ4n) is 4.35. The van der Waals surface area contributed by atoms with Crippen molar-refractivity contribution in [3.63, 3.8) is 0 Å². The van der Waals surface area contributed by atoms with Crippen molar-refractivity contribution in [3.05, 3.63) is 129 Å². The van der Waals surface area contributed by atoms with Gasteiger partial charge in [-0.25, -0.2) is 0 Å². The van der Waals surface area contributed by atoms with Crippen LogP contribution in [0.5, 0.6) is 0 Å². The van der Waals surface area contributed by atoms with Gasteiger partial charge in [0.15, 0.2) is 0 Å². The van der Waals surface area contributed by atoms with Gasteiger partial charge in [0.2, 0.25) is 0 Å². The van der Waals surface area contributed by atoms with Crippen molar-refractivity contribution in [1.82, 2.24) is 4.57 Å². The van der Waals surface area contributed by atoms with E-state index >= 15 is 0 Å². The van der Waals surface area contributed by atoms with Crippen LogP contribution in [0.2, 0.25) is 5.02 Å². The summed E-state index contributed by atoms with van der Waals surface area (Å²) < 4.78 is 1.50. The monoisotopic (exact) mass is 469 g/mol. The van der Waals surface area contributed by atoms with Crippen LogP contribution in [-0.4, -0.2) is 17.0 Å². The van der Waals surface area contributed by atoms with Crippen LogP contribution in [0.4, 0.5) is 11.4 Å². The quantitative estimate of drug-likeness (QED) is 0.413. The summed E-state index contributed by atoms with van der Waals surface area (Å²) in [6.45, 7) is 1.96. The third kappa shape index (κ3) is 4.61. The number of hydrogen-bond acceptors (Lipinski definition) is 3. The Hall–Kier alpha value is -3.83. The van der Waals surface area contributed by atoms with Crippen molar-refractivity contribution >= 4 is 28.9 Å². The molecule has 0 aliphatic carbocycles. The molecule has 1 amide bonds. The molecule has 1 aliphatic rings. The first-order chi connectivity index (χ1) is 16.6. The predicted octanol–water partition coefficient (Wildman–Crippen LogP) is 5.37. The summed E-state index contributed by atoms with van der Waals surface area (Å²) in [5.41, 5.74) is 5.44. The minimum atomic E-state index is -0.262. The predicted molar refractivity (Wildman–Crippen MR) is 137 cm³/mol. The first kappa shape index (κ1) is 22.0. The van der Waals surface area contributed by atoms with E-state index in [0.29, 0.717) is 23.7 Å². The van der Waals surface area contributed by atoms with Crippen molar-refractivity contribution < 1.29 is 4.79 Å². The SMILES string of the molecule is O=C(Nc1ccccc1CN1CCc2ccccc21)c1ccc(=O)n(Cc2ccccc2Cl)c1. The summed E-state index contributed by atoms with van der Waals surface area (Å²) >= 11 is 6.26. The van der Waals surface area contributed by atoms with Gasteiger partial charge in [-0.3, -0.25) is 9.59 Å². The average molecular weight is 470 g/mol. The van der Waals surface area contributed by atoms with E-state index in [1.54, 1.807) is 18.3 Å². The minimum absolute atomic E-state index is 0.190. The zero-order valence-electron chi connectivity index (χ0n) is 18.6. The highest BCUT2D eigenvalue weighted by Gasteiger charge is 2.20. The Morgan fingerprint density at radius 2 is 1.59 bits per heavy atom. The lowest BCUT2D eigenvalue weighted by molar-refractivity contribution is 0.102. The lowest BCUT2D eigenvalue weighted by Gasteiger charge is -2.21. The zero-order chi connectivity index (χ0) is 23.5. The van der Waals surface area contributed by atoms with Gasteiger partial charge in [-0.15, -0.1) is 0 Å². The maximum atomic E-state index is 13.1. The van der Waals surface area contributed by atoms with Gasteiger partial charge in [-0.1, -0.05) is 66.2 Å². The van der Waals surface area contributed by atoms with Crippen molar-refractivity contribution in [2.24, 2.45) is 0 Å². The molecule has 0 unspecified atom stereocenters. The van der Waals surface area contributed by atoms with Gasteiger partial charge in [-0.2, -0.15) is 0 Å². The molecule has 1 aliphatic heterocycles. The van der Waals surface area contributed by atoms with Crippen molar-refractivity contribution in [2.45, 2.75) is 19.5 Å². The Morgan fingerprint density at radius 1 is 0.853 bits per heavy atom. The molecule has 0 atom stereocenters. The van der Waals surface area contributed by atoms with Crippen LogP contribution < -0.4 is 15.8 Å². The molecule has 2 heterocycles. The lowest BCUT2D eigenvalue weighted by atomic mass is 10.1. The number of carbonyl (C=O) groups is 1. The molecule has 170 valence electrons. The molecule has 0 fully saturated rings. The molecule has 0 bridgehead atoms. The van der Waals surface area contributed by atoms with Gasteiger partial charge in [0.05, 0.1) is 12.1 Å². The summed E-state index contributed by atoms with van der Waals surface area (Å²) in [5.74, 6) is -0.262. The lowest BCUT2D eigenvalue weighted by Crippen LogP contribution is -2.24. The average Bonchev–Trinajstić information content (AvgIpc) is 3.26. The number of hydrogen-bond donors (Lipinski definition) is 1. The fourth-order valence-corrected chi connectivity index (χ4v) is 4.55. The maximum absolute atomic E-state index is 13.1. The van der Waals surface area contributed by atoms with E-state index in [0.717, 1.165) is 29.8 Å². The number of aromatic nitrogens is 1. The number of nitrogens with one attached hydrogen (secondary N) is 1. The molecule has 5 rings (SSSR count). The van der Waals surface area contributed by atoms with E-state index in [1.165, 1.54) is 21.9 Å². The van der Waals surface area contributed by atoms with Crippen molar-refractivity contribution in [3.8, 4) is 0 Å². The van der Waals surface area contributed by atoms with E-state index in [1.807, 2.05) is 42.5 Å². The largest absolute Gasteiger partial charge is 0.367 e. The fraction of sp³-hybridized carbons (Fsp3) is 0.143. The van der Waals surface area contributed by atoms with Crippen LogP contribution in [0.1, 0.15) is 27.0 Å². The molecule has 0 saturated carbocycles.